The summed E-state index contributed by atoms with van der Waals surface area (Å²) in [6.45, 7) is 2.34. The first-order chi connectivity index (χ1) is 8.21. The molecule has 1 fully saturated rings. The lowest BCUT2D eigenvalue weighted by Gasteiger charge is -2.28. The van der Waals surface area contributed by atoms with E-state index in [4.69, 9.17) is 0 Å². The molecule has 0 spiro atoms. The van der Waals surface area contributed by atoms with Crippen molar-refractivity contribution in [3.05, 3.63) is 50.9 Å². The van der Waals surface area contributed by atoms with Gasteiger partial charge in [-0.1, -0.05) is 28.1 Å². The minimum absolute atomic E-state index is 0.106. The Morgan fingerprint density at radius 3 is 2.53 bits per heavy atom. The van der Waals surface area contributed by atoms with Gasteiger partial charge in [0.2, 0.25) is 0 Å². The van der Waals surface area contributed by atoms with E-state index in [0.717, 1.165) is 10.4 Å². The average molecular weight is 308 g/mol. The maximum atomic E-state index is 4.56. The Labute approximate surface area is 114 Å². The van der Waals surface area contributed by atoms with Crippen molar-refractivity contribution in [2.24, 2.45) is 5.92 Å². The second-order valence-corrected chi connectivity index (χ2v) is 6.63. The van der Waals surface area contributed by atoms with Gasteiger partial charge >= 0.3 is 0 Å². The highest BCUT2D eigenvalue weighted by molar-refractivity contribution is 9.10. The first-order valence-electron chi connectivity index (χ1n) is 5.87. The van der Waals surface area contributed by atoms with E-state index in [9.17, 15) is 0 Å². The molecular formula is C14H14BrNS. The minimum Gasteiger partial charge on any atom is -0.249 e. The van der Waals surface area contributed by atoms with E-state index in [1.54, 1.807) is 11.3 Å². The van der Waals surface area contributed by atoms with E-state index in [0.29, 0.717) is 0 Å². The second-order valence-electron chi connectivity index (χ2n) is 4.82. The molecule has 1 aromatic carbocycles. The van der Waals surface area contributed by atoms with Gasteiger partial charge < -0.3 is 0 Å². The van der Waals surface area contributed by atoms with Crippen LogP contribution < -0.4 is 0 Å². The Balaban J connectivity index is 2.08. The summed E-state index contributed by atoms with van der Waals surface area (Å²) in [4.78, 5) is 4.56. The van der Waals surface area contributed by atoms with E-state index in [-0.39, 0.29) is 5.41 Å². The number of halogens is 1. The maximum absolute atomic E-state index is 4.56. The highest BCUT2D eigenvalue weighted by Crippen LogP contribution is 2.51. The zero-order valence-corrected chi connectivity index (χ0v) is 12.1. The number of thiazole rings is 1. The van der Waals surface area contributed by atoms with Gasteiger partial charge in [-0.05, 0) is 43.4 Å². The zero-order valence-electron chi connectivity index (χ0n) is 9.69. The van der Waals surface area contributed by atoms with Crippen LogP contribution in [-0.2, 0) is 5.41 Å². The molecule has 0 radical (unpaired) electrons. The summed E-state index contributed by atoms with van der Waals surface area (Å²) in [5.41, 5.74) is 1.49. The Morgan fingerprint density at radius 1 is 1.29 bits per heavy atom. The third-order valence-corrected chi connectivity index (χ3v) is 5.25. The summed E-state index contributed by atoms with van der Waals surface area (Å²) in [7, 11) is 0. The SMILES string of the molecule is CC(c1ccc(Br)cc1)(c1nccs1)C1CC1. The lowest BCUT2D eigenvalue weighted by molar-refractivity contribution is 0.492. The predicted octanol–water partition coefficient (Wildman–Crippen LogP) is 4.62. The minimum atomic E-state index is 0.106. The maximum Gasteiger partial charge on any atom is 0.103 e. The van der Waals surface area contributed by atoms with Gasteiger partial charge in [-0.25, -0.2) is 4.98 Å². The molecular weight excluding hydrogens is 294 g/mol. The smallest absolute Gasteiger partial charge is 0.103 e. The fourth-order valence-electron chi connectivity index (χ4n) is 2.47. The second kappa shape index (κ2) is 4.21. The summed E-state index contributed by atoms with van der Waals surface area (Å²) >= 11 is 5.27. The molecule has 1 aliphatic carbocycles. The van der Waals surface area contributed by atoms with E-state index in [2.05, 4.69) is 57.5 Å². The summed E-state index contributed by atoms with van der Waals surface area (Å²) in [5.74, 6) is 0.759. The Bertz CT molecular complexity index is 502. The van der Waals surface area contributed by atoms with Crippen LogP contribution in [0.2, 0.25) is 0 Å². The van der Waals surface area contributed by atoms with Crippen LogP contribution in [0.5, 0.6) is 0 Å². The van der Waals surface area contributed by atoms with Gasteiger partial charge in [0.1, 0.15) is 5.01 Å². The normalized spacial score (nSPS) is 18.9. The molecule has 0 amide bonds. The third-order valence-electron chi connectivity index (χ3n) is 3.71. The van der Waals surface area contributed by atoms with Crippen molar-refractivity contribution in [2.45, 2.75) is 25.2 Å². The Kier molecular flexibility index (Phi) is 2.83. The number of rotatable bonds is 3. The van der Waals surface area contributed by atoms with Crippen molar-refractivity contribution in [1.29, 1.82) is 0 Å². The molecule has 1 nitrogen and oxygen atoms in total. The lowest BCUT2D eigenvalue weighted by Crippen LogP contribution is -2.26. The standard InChI is InChI=1S/C14H14BrNS/c1-14(10-2-3-10,13-16-8-9-17-13)11-4-6-12(15)7-5-11/h4-10H,2-3H2,1H3. The molecule has 0 saturated heterocycles. The van der Waals surface area contributed by atoms with Crippen LogP contribution in [0.3, 0.4) is 0 Å². The molecule has 3 rings (SSSR count). The Morgan fingerprint density at radius 2 is 2.00 bits per heavy atom. The van der Waals surface area contributed by atoms with Crippen LogP contribution in [0.15, 0.2) is 40.3 Å². The molecule has 88 valence electrons. The van der Waals surface area contributed by atoms with Crippen LogP contribution in [0.1, 0.15) is 30.3 Å². The number of hydrogen-bond acceptors (Lipinski definition) is 2. The first kappa shape index (κ1) is 11.4. The molecule has 0 N–H and O–H groups in total. The van der Waals surface area contributed by atoms with Gasteiger partial charge in [-0.2, -0.15) is 0 Å². The molecule has 1 heterocycles. The van der Waals surface area contributed by atoms with Crippen LogP contribution >= 0.6 is 27.3 Å². The van der Waals surface area contributed by atoms with Gasteiger partial charge in [0.05, 0.1) is 0 Å². The fourth-order valence-corrected chi connectivity index (χ4v) is 3.64. The summed E-state index contributed by atoms with van der Waals surface area (Å²) in [5, 5.41) is 3.33. The molecule has 1 aliphatic rings. The van der Waals surface area contributed by atoms with Crippen LogP contribution in [0.4, 0.5) is 0 Å². The highest BCUT2D eigenvalue weighted by atomic mass is 79.9. The van der Waals surface area contributed by atoms with Gasteiger partial charge in [0.25, 0.3) is 0 Å². The van der Waals surface area contributed by atoms with E-state index in [1.807, 2.05) is 6.20 Å². The largest absolute Gasteiger partial charge is 0.249 e. The summed E-state index contributed by atoms with van der Waals surface area (Å²) in [6.07, 6.45) is 4.57. The average Bonchev–Trinajstić information content (AvgIpc) is 3.05. The highest BCUT2D eigenvalue weighted by Gasteiger charge is 2.45. The molecule has 2 aromatic rings. The first-order valence-corrected chi connectivity index (χ1v) is 7.54. The molecule has 1 saturated carbocycles. The molecule has 17 heavy (non-hydrogen) atoms. The lowest BCUT2D eigenvalue weighted by atomic mass is 9.78. The molecule has 1 atom stereocenters. The molecule has 0 aliphatic heterocycles. The topological polar surface area (TPSA) is 12.9 Å². The Hall–Kier alpha value is -0.670. The number of nitrogens with zero attached hydrogens (tertiary/aromatic N) is 1. The van der Waals surface area contributed by atoms with Gasteiger partial charge in [0.15, 0.2) is 0 Å². The summed E-state index contributed by atoms with van der Waals surface area (Å²) < 4.78 is 1.14. The van der Waals surface area contributed by atoms with Crippen molar-refractivity contribution in [3.63, 3.8) is 0 Å². The van der Waals surface area contributed by atoms with Crippen molar-refractivity contribution < 1.29 is 0 Å². The molecule has 1 aromatic heterocycles. The van der Waals surface area contributed by atoms with E-state index in [1.165, 1.54) is 23.4 Å². The molecule has 0 bridgehead atoms. The van der Waals surface area contributed by atoms with E-state index < -0.39 is 0 Å². The van der Waals surface area contributed by atoms with Gasteiger partial charge in [-0.15, -0.1) is 11.3 Å². The van der Waals surface area contributed by atoms with Gasteiger partial charge in [-0.3, -0.25) is 0 Å². The zero-order chi connectivity index (χ0) is 11.9. The molecule has 3 heteroatoms. The fraction of sp³-hybridized carbons (Fsp3) is 0.357. The van der Waals surface area contributed by atoms with Crippen molar-refractivity contribution in [3.8, 4) is 0 Å². The van der Waals surface area contributed by atoms with Crippen molar-refractivity contribution in [2.75, 3.05) is 0 Å². The monoisotopic (exact) mass is 307 g/mol. The summed E-state index contributed by atoms with van der Waals surface area (Å²) in [6, 6.07) is 8.71. The van der Waals surface area contributed by atoms with Crippen molar-refractivity contribution >= 4 is 27.3 Å². The van der Waals surface area contributed by atoms with Crippen LogP contribution in [-0.4, -0.2) is 4.98 Å². The van der Waals surface area contributed by atoms with Gasteiger partial charge in [0, 0.05) is 21.5 Å². The predicted molar refractivity (Wildman–Crippen MR) is 75.4 cm³/mol. The molecule has 1 unspecified atom stereocenters. The number of benzene rings is 1. The number of hydrogen-bond donors (Lipinski definition) is 0. The van der Waals surface area contributed by atoms with Crippen LogP contribution in [0, 0.1) is 5.92 Å². The third kappa shape index (κ3) is 1.95. The van der Waals surface area contributed by atoms with Crippen LogP contribution in [0.25, 0.3) is 0 Å². The quantitative estimate of drug-likeness (QED) is 0.806. The number of aromatic nitrogens is 1. The van der Waals surface area contributed by atoms with E-state index >= 15 is 0 Å². The van der Waals surface area contributed by atoms with Crippen molar-refractivity contribution in [1.82, 2.24) is 4.98 Å².